The molecule has 33 heavy (non-hydrogen) atoms. The van der Waals surface area contributed by atoms with Crippen LogP contribution in [0.3, 0.4) is 0 Å². The molecule has 0 amide bonds. The van der Waals surface area contributed by atoms with Crippen LogP contribution in [-0.4, -0.2) is 43.2 Å². The largest absolute Gasteiger partial charge is 2.00 e. The van der Waals surface area contributed by atoms with Gasteiger partial charge in [0, 0.05) is 0 Å². The van der Waals surface area contributed by atoms with Gasteiger partial charge >= 0.3 is 23.1 Å². The van der Waals surface area contributed by atoms with Crippen LogP contribution < -0.4 is 0 Å². The van der Waals surface area contributed by atoms with Crippen molar-refractivity contribution in [3.05, 3.63) is 97.1 Å². The van der Waals surface area contributed by atoms with Crippen molar-refractivity contribution in [2.45, 2.75) is 0 Å². The number of fused-ring (bicyclic) bond motifs is 2. The fraction of sp³-hybridized carbons (Fsp3) is 0. The first-order chi connectivity index (χ1) is 15.7. The van der Waals surface area contributed by atoms with Gasteiger partial charge in [-0.3, -0.25) is 0 Å². The molecule has 0 aliphatic carbocycles. The third-order valence-corrected chi connectivity index (χ3v) is 4.86. The monoisotopic (exact) mass is 448 g/mol. The van der Waals surface area contributed by atoms with Crippen LogP contribution in [0.5, 0.6) is 11.5 Å². The molecule has 6 aromatic rings. The Hall–Kier alpha value is -3.81. The Labute approximate surface area is 208 Å². The van der Waals surface area contributed by atoms with Crippen molar-refractivity contribution in [1.82, 2.24) is 9.97 Å². The summed E-state index contributed by atoms with van der Waals surface area (Å²) in [6.07, 6.45) is 0. The molecule has 160 valence electrons. The number of phenolic OH excluding ortho intramolecular Hbond substituents is 2. The number of phenols is 2. The van der Waals surface area contributed by atoms with Gasteiger partial charge in [-0.2, -0.15) is 0 Å². The molecule has 2 heterocycles. The zero-order chi connectivity index (χ0) is 21.9. The number of hydrogen-bond donors (Lipinski definition) is 2. The second-order valence-corrected chi connectivity index (χ2v) is 7.01. The molecular formula is C26H20MgN2O4. The average molecular weight is 449 g/mol. The van der Waals surface area contributed by atoms with E-state index < -0.39 is 0 Å². The molecule has 7 heteroatoms. The number of aromatic nitrogens is 2. The summed E-state index contributed by atoms with van der Waals surface area (Å²) in [5.74, 6) is 1.24. The van der Waals surface area contributed by atoms with E-state index in [-0.39, 0.29) is 37.4 Å². The molecule has 0 saturated carbocycles. The summed E-state index contributed by atoms with van der Waals surface area (Å²) in [5.41, 5.74) is 4.25. The van der Waals surface area contributed by atoms with Crippen LogP contribution in [0.4, 0.5) is 0 Å². The molecule has 2 aromatic heterocycles. The molecule has 0 radical (unpaired) electrons. The Morgan fingerprint density at radius 1 is 0.515 bits per heavy atom. The van der Waals surface area contributed by atoms with E-state index in [0.717, 1.165) is 22.2 Å². The van der Waals surface area contributed by atoms with E-state index in [0.29, 0.717) is 22.9 Å². The molecular weight excluding hydrogens is 429 g/mol. The van der Waals surface area contributed by atoms with Crippen molar-refractivity contribution in [2.24, 2.45) is 0 Å². The molecule has 6 rings (SSSR count). The third-order valence-electron chi connectivity index (χ3n) is 4.86. The van der Waals surface area contributed by atoms with Gasteiger partial charge in [0.2, 0.25) is 11.8 Å². The van der Waals surface area contributed by atoms with Crippen LogP contribution in [0, 0.1) is 0 Å². The minimum atomic E-state index is 0. The Bertz CT molecular complexity index is 1350. The van der Waals surface area contributed by atoms with Crippen molar-refractivity contribution in [1.29, 1.82) is 0 Å². The first-order valence-corrected chi connectivity index (χ1v) is 9.97. The minimum absolute atomic E-state index is 0. The molecule has 2 N–H and O–H groups in total. The molecule has 0 unspecified atom stereocenters. The Morgan fingerprint density at radius 2 is 0.879 bits per heavy atom. The maximum atomic E-state index is 9.69. The van der Waals surface area contributed by atoms with Crippen molar-refractivity contribution in [3.8, 4) is 34.4 Å². The van der Waals surface area contributed by atoms with Gasteiger partial charge < -0.3 is 21.9 Å². The van der Waals surface area contributed by atoms with E-state index in [9.17, 15) is 10.2 Å². The van der Waals surface area contributed by atoms with Gasteiger partial charge in [0.15, 0.2) is 11.2 Å². The molecule has 0 saturated heterocycles. The zero-order valence-electron chi connectivity index (χ0n) is 19.6. The van der Waals surface area contributed by atoms with Gasteiger partial charge in [0.1, 0.15) is 22.5 Å². The fourth-order valence-electron chi connectivity index (χ4n) is 3.28. The number of benzene rings is 4. The summed E-state index contributed by atoms with van der Waals surface area (Å²) >= 11 is 0. The number of nitrogens with zero attached hydrogens (tertiary/aromatic N) is 2. The number of oxazole rings is 2. The summed E-state index contributed by atoms with van der Waals surface area (Å²) in [7, 11) is 0. The summed E-state index contributed by atoms with van der Waals surface area (Å²) in [4.78, 5) is 8.63. The summed E-state index contributed by atoms with van der Waals surface area (Å²) < 4.78 is 11.1. The normalized spacial score (nSPS) is 10.4. The van der Waals surface area contributed by atoms with Gasteiger partial charge in [0.05, 0.1) is 11.1 Å². The first kappa shape index (κ1) is 22.4. The maximum Gasteiger partial charge on any atom is 2.00 e. The van der Waals surface area contributed by atoms with E-state index in [1.54, 1.807) is 36.4 Å². The van der Waals surface area contributed by atoms with Crippen LogP contribution in [0.15, 0.2) is 106 Å². The zero-order valence-corrected chi connectivity index (χ0v) is 19.0. The third kappa shape index (κ3) is 4.69. The van der Waals surface area contributed by atoms with Crippen LogP contribution in [-0.2, 0) is 0 Å². The van der Waals surface area contributed by atoms with Gasteiger partial charge in [-0.15, -0.1) is 0 Å². The van der Waals surface area contributed by atoms with Gasteiger partial charge in [-0.05, 0) is 48.5 Å². The van der Waals surface area contributed by atoms with Crippen LogP contribution in [0.25, 0.3) is 45.1 Å². The summed E-state index contributed by atoms with van der Waals surface area (Å²) in [6.45, 7) is 0. The number of rotatable bonds is 2. The number of aromatic hydroxyl groups is 2. The quantitative estimate of drug-likeness (QED) is 0.304. The molecule has 0 aliphatic heterocycles. The average Bonchev–Trinajstić information content (AvgIpc) is 3.44. The summed E-state index contributed by atoms with van der Waals surface area (Å²) in [5, 5.41) is 19.4. The fourth-order valence-corrected chi connectivity index (χ4v) is 3.28. The van der Waals surface area contributed by atoms with Gasteiger partial charge in [-0.25, -0.2) is 9.97 Å². The van der Waals surface area contributed by atoms with E-state index >= 15 is 0 Å². The number of hydrogen-bond acceptors (Lipinski definition) is 6. The van der Waals surface area contributed by atoms with Crippen LogP contribution in [0.2, 0.25) is 0 Å². The molecule has 4 aromatic carbocycles. The second-order valence-electron chi connectivity index (χ2n) is 7.01. The predicted molar refractivity (Wildman–Crippen MR) is 130 cm³/mol. The van der Waals surface area contributed by atoms with Crippen LogP contribution >= 0.6 is 0 Å². The molecule has 0 bridgehead atoms. The van der Waals surface area contributed by atoms with E-state index in [1.807, 2.05) is 60.7 Å². The Kier molecular flexibility index (Phi) is 6.62. The van der Waals surface area contributed by atoms with Crippen LogP contribution in [0.1, 0.15) is 2.85 Å². The topological polar surface area (TPSA) is 92.5 Å². The molecule has 0 spiro atoms. The SMILES string of the molecule is Oc1ccccc1-c1nc2ccccc2o1.Oc1ccccc1-c1nc2ccccc2o1.[H-].[H-].[Mg+2]. The van der Waals surface area contributed by atoms with Crippen molar-refractivity contribution in [2.75, 3.05) is 0 Å². The molecule has 0 fully saturated rings. The number of para-hydroxylation sites is 6. The standard InChI is InChI=1S/2C13H9NO2.Mg.2H/c2*15-11-7-3-1-5-9(11)13-14-10-6-2-4-8-12(10)16-13;;;/h2*1-8,15H;;;/q;;+2;2*-1. The van der Waals surface area contributed by atoms with Crippen molar-refractivity contribution < 1.29 is 21.9 Å². The Balaban J connectivity index is 0.000000227. The van der Waals surface area contributed by atoms with Crippen molar-refractivity contribution in [3.63, 3.8) is 0 Å². The Morgan fingerprint density at radius 3 is 1.27 bits per heavy atom. The first-order valence-electron chi connectivity index (χ1n) is 9.97. The maximum absolute atomic E-state index is 9.69. The van der Waals surface area contributed by atoms with Crippen molar-refractivity contribution >= 4 is 45.3 Å². The molecule has 0 aliphatic rings. The van der Waals surface area contributed by atoms with E-state index in [1.165, 1.54) is 0 Å². The summed E-state index contributed by atoms with van der Waals surface area (Å²) in [6, 6.07) is 29.0. The smallest absolute Gasteiger partial charge is 1.00 e. The second kappa shape index (κ2) is 9.77. The van der Waals surface area contributed by atoms with E-state index in [2.05, 4.69) is 9.97 Å². The molecule has 6 nitrogen and oxygen atoms in total. The predicted octanol–water partition coefficient (Wildman–Crippen LogP) is 6.25. The van der Waals surface area contributed by atoms with Gasteiger partial charge in [-0.1, -0.05) is 48.5 Å². The van der Waals surface area contributed by atoms with Gasteiger partial charge in [0.25, 0.3) is 0 Å². The van der Waals surface area contributed by atoms with E-state index in [4.69, 9.17) is 8.83 Å². The molecule has 0 atom stereocenters. The minimum Gasteiger partial charge on any atom is -1.00 e.